The molecule has 0 fully saturated rings. The second-order valence-corrected chi connectivity index (χ2v) is 4.10. The second-order valence-electron chi connectivity index (χ2n) is 2.94. The highest BCUT2D eigenvalue weighted by Gasteiger charge is 2.27. The number of rotatable bonds is 5. The first-order chi connectivity index (χ1) is 7.01. The lowest BCUT2D eigenvalue weighted by Gasteiger charge is -2.05. The van der Waals surface area contributed by atoms with Crippen molar-refractivity contribution in [2.75, 3.05) is 12.3 Å². The van der Waals surface area contributed by atoms with Gasteiger partial charge in [0.2, 0.25) is 0 Å². The van der Waals surface area contributed by atoms with E-state index in [-0.39, 0.29) is 17.5 Å². The van der Waals surface area contributed by atoms with Crippen molar-refractivity contribution < 1.29 is 13.2 Å². The first kappa shape index (κ1) is 12.4. The van der Waals surface area contributed by atoms with Crippen LogP contribution in [0.2, 0.25) is 0 Å². The fourth-order valence-electron chi connectivity index (χ4n) is 1.07. The molecule has 0 aliphatic carbocycles. The number of aryl methyl sites for hydroxylation is 1. The number of aromatic nitrogens is 2. The van der Waals surface area contributed by atoms with Gasteiger partial charge in [0.15, 0.2) is 0 Å². The van der Waals surface area contributed by atoms with Crippen molar-refractivity contribution in [3.05, 3.63) is 18.2 Å². The van der Waals surface area contributed by atoms with E-state index in [2.05, 4.69) is 4.98 Å². The van der Waals surface area contributed by atoms with E-state index in [0.29, 0.717) is 19.5 Å². The average Bonchev–Trinajstić information content (AvgIpc) is 2.51. The van der Waals surface area contributed by atoms with Crippen molar-refractivity contribution in [3.63, 3.8) is 0 Å². The molecule has 86 valence electrons. The molecule has 1 heterocycles. The minimum absolute atomic E-state index is 0.00191. The molecule has 0 unspecified atom stereocenters. The molecular formula is C8H12F3N3S. The molecule has 15 heavy (non-hydrogen) atoms. The Labute approximate surface area is 89.9 Å². The van der Waals surface area contributed by atoms with Crippen LogP contribution in [-0.2, 0) is 13.0 Å². The van der Waals surface area contributed by atoms with E-state index in [0.717, 1.165) is 5.69 Å². The van der Waals surface area contributed by atoms with Crippen LogP contribution in [0.4, 0.5) is 13.2 Å². The number of hydrogen-bond acceptors (Lipinski definition) is 3. The summed E-state index contributed by atoms with van der Waals surface area (Å²) in [4.78, 5) is 4.01. The van der Waals surface area contributed by atoms with E-state index in [4.69, 9.17) is 5.73 Å². The van der Waals surface area contributed by atoms with Crippen LogP contribution in [0.15, 0.2) is 12.5 Å². The zero-order valence-electron chi connectivity index (χ0n) is 8.00. The Kier molecular flexibility index (Phi) is 4.46. The molecule has 0 aromatic carbocycles. The molecule has 7 heteroatoms. The number of hydrogen-bond donors (Lipinski definition) is 1. The van der Waals surface area contributed by atoms with Crippen LogP contribution in [0.25, 0.3) is 0 Å². The number of alkyl halides is 3. The van der Waals surface area contributed by atoms with Crippen LogP contribution >= 0.6 is 11.8 Å². The van der Waals surface area contributed by atoms with Crippen molar-refractivity contribution in [2.24, 2.45) is 5.73 Å². The normalized spacial score (nSPS) is 12.0. The fraction of sp³-hybridized carbons (Fsp3) is 0.625. The van der Waals surface area contributed by atoms with Crippen molar-refractivity contribution in [1.82, 2.24) is 9.55 Å². The number of nitrogens with zero attached hydrogens (tertiary/aromatic N) is 2. The maximum absolute atomic E-state index is 11.8. The smallest absolute Gasteiger partial charge is 0.336 e. The number of thioether (sulfide) groups is 1. The molecule has 1 aromatic rings. The van der Waals surface area contributed by atoms with Crippen molar-refractivity contribution in [1.29, 1.82) is 0 Å². The van der Waals surface area contributed by atoms with Crippen LogP contribution in [0.1, 0.15) is 5.69 Å². The van der Waals surface area contributed by atoms with Gasteiger partial charge in [0.25, 0.3) is 0 Å². The van der Waals surface area contributed by atoms with Gasteiger partial charge in [0.05, 0.1) is 12.0 Å². The summed E-state index contributed by atoms with van der Waals surface area (Å²) in [6.45, 7) is 0.802. The molecular weight excluding hydrogens is 227 g/mol. The zero-order valence-corrected chi connectivity index (χ0v) is 8.81. The monoisotopic (exact) mass is 239 g/mol. The summed E-state index contributed by atoms with van der Waals surface area (Å²) < 4.78 is 37.1. The van der Waals surface area contributed by atoms with Gasteiger partial charge in [-0.05, 0) is 18.3 Å². The van der Waals surface area contributed by atoms with Gasteiger partial charge in [0, 0.05) is 24.9 Å². The number of nitrogens with two attached hydrogens (primary N) is 1. The lowest BCUT2D eigenvalue weighted by molar-refractivity contribution is -0.0328. The van der Waals surface area contributed by atoms with Gasteiger partial charge in [-0.25, -0.2) is 4.98 Å². The maximum Gasteiger partial charge on any atom is 0.441 e. The Morgan fingerprint density at radius 2 is 2.20 bits per heavy atom. The molecule has 0 spiro atoms. The molecule has 0 bridgehead atoms. The quantitative estimate of drug-likeness (QED) is 0.849. The molecule has 3 nitrogen and oxygen atoms in total. The summed E-state index contributed by atoms with van der Waals surface area (Å²) in [6.07, 6.45) is 3.91. The SMILES string of the molecule is NCCc1cn(CCSC(F)(F)F)cn1. The molecule has 1 rings (SSSR count). The van der Waals surface area contributed by atoms with Gasteiger partial charge in [-0.3, -0.25) is 0 Å². The van der Waals surface area contributed by atoms with Gasteiger partial charge in [-0.15, -0.1) is 0 Å². The minimum atomic E-state index is -4.15. The van der Waals surface area contributed by atoms with Gasteiger partial charge < -0.3 is 10.3 Å². The second kappa shape index (κ2) is 5.41. The van der Waals surface area contributed by atoms with Crippen LogP contribution in [0, 0.1) is 0 Å². The average molecular weight is 239 g/mol. The Morgan fingerprint density at radius 1 is 1.47 bits per heavy atom. The largest absolute Gasteiger partial charge is 0.441 e. The van der Waals surface area contributed by atoms with E-state index in [1.807, 2.05) is 0 Å². The van der Waals surface area contributed by atoms with Crippen molar-refractivity contribution in [2.45, 2.75) is 18.5 Å². The van der Waals surface area contributed by atoms with Crippen LogP contribution < -0.4 is 5.73 Å². The van der Waals surface area contributed by atoms with Crippen LogP contribution in [0.3, 0.4) is 0 Å². The Balaban J connectivity index is 2.31. The molecule has 0 saturated heterocycles. The van der Waals surface area contributed by atoms with Gasteiger partial charge in [0.1, 0.15) is 0 Å². The maximum atomic E-state index is 11.8. The number of imidazole rings is 1. The van der Waals surface area contributed by atoms with Gasteiger partial charge in [-0.1, -0.05) is 0 Å². The molecule has 2 N–H and O–H groups in total. The van der Waals surface area contributed by atoms with E-state index in [1.54, 1.807) is 10.8 Å². The third kappa shape index (κ3) is 5.08. The molecule has 0 aliphatic heterocycles. The highest BCUT2D eigenvalue weighted by molar-refractivity contribution is 8.00. The first-order valence-electron chi connectivity index (χ1n) is 4.42. The minimum Gasteiger partial charge on any atom is -0.336 e. The summed E-state index contributed by atoms with van der Waals surface area (Å²) in [6, 6.07) is 0. The summed E-state index contributed by atoms with van der Waals surface area (Å²) in [5.41, 5.74) is 1.99. The predicted molar refractivity (Wildman–Crippen MR) is 53.5 cm³/mol. The lowest BCUT2D eigenvalue weighted by Crippen LogP contribution is -2.06. The molecule has 0 radical (unpaired) electrons. The third-order valence-electron chi connectivity index (χ3n) is 1.70. The van der Waals surface area contributed by atoms with Crippen LogP contribution in [-0.4, -0.2) is 27.4 Å². The highest BCUT2D eigenvalue weighted by Crippen LogP contribution is 2.29. The Bertz CT molecular complexity index is 298. The molecule has 0 amide bonds. The van der Waals surface area contributed by atoms with Crippen molar-refractivity contribution in [3.8, 4) is 0 Å². The summed E-state index contributed by atoms with van der Waals surface area (Å²) in [5, 5.41) is 0. The molecule has 0 saturated carbocycles. The highest BCUT2D eigenvalue weighted by atomic mass is 32.2. The van der Waals surface area contributed by atoms with E-state index >= 15 is 0 Å². The standard InChI is InChI=1S/C8H12F3N3S/c9-8(10,11)15-4-3-14-5-7(1-2-12)13-6-14/h5-6H,1-4,12H2. The molecule has 0 atom stereocenters. The van der Waals surface area contributed by atoms with Gasteiger partial charge in [-0.2, -0.15) is 13.2 Å². The van der Waals surface area contributed by atoms with E-state index < -0.39 is 5.51 Å². The predicted octanol–water partition coefficient (Wildman–Crippen LogP) is 1.64. The van der Waals surface area contributed by atoms with Crippen molar-refractivity contribution >= 4 is 11.8 Å². The summed E-state index contributed by atoms with van der Waals surface area (Å²) in [5.74, 6) is 0.00191. The third-order valence-corrected chi connectivity index (χ3v) is 2.42. The molecule has 0 aliphatic rings. The fourth-order valence-corrected chi connectivity index (χ4v) is 1.61. The van der Waals surface area contributed by atoms with E-state index in [9.17, 15) is 13.2 Å². The summed E-state index contributed by atoms with van der Waals surface area (Å²) >= 11 is -0.0223. The Morgan fingerprint density at radius 3 is 2.80 bits per heavy atom. The topological polar surface area (TPSA) is 43.8 Å². The summed E-state index contributed by atoms with van der Waals surface area (Å²) in [7, 11) is 0. The van der Waals surface area contributed by atoms with E-state index in [1.165, 1.54) is 6.33 Å². The first-order valence-corrected chi connectivity index (χ1v) is 5.41. The van der Waals surface area contributed by atoms with Crippen LogP contribution in [0.5, 0.6) is 0 Å². The zero-order chi connectivity index (χ0) is 11.3. The Hall–Kier alpha value is -0.690. The molecule has 1 aromatic heterocycles. The lowest BCUT2D eigenvalue weighted by atomic mass is 10.3. The number of halogens is 3. The van der Waals surface area contributed by atoms with Gasteiger partial charge >= 0.3 is 5.51 Å².